The summed E-state index contributed by atoms with van der Waals surface area (Å²) in [6.07, 6.45) is 13.6. The Bertz CT molecular complexity index is 511. The van der Waals surface area contributed by atoms with Gasteiger partial charge in [-0.3, -0.25) is 0 Å². The van der Waals surface area contributed by atoms with Crippen molar-refractivity contribution in [1.29, 1.82) is 0 Å². The van der Waals surface area contributed by atoms with Crippen molar-refractivity contribution < 1.29 is 33.9 Å². The zero-order chi connectivity index (χ0) is 16.5. The summed E-state index contributed by atoms with van der Waals surface area (Å²) < 4.78 is 8.89. The molecule has 0 aliphatic carbocycles. The van der Waals surface area contributed by atoms with E-state index >= 15 is 0 Å². The van der Waals surface area contributed by atoms with Gasteiger partial charge in [0.2, 0.25) is 0 Å². The van der Waals surface area contributed by atoms with Gasteiger partial charge >= 0.3 is 0 Å². The number of imidazole rings is 2. The Morgan fingerprint density at radius 3 is 1.29 bits per heavy atom. The van der Waals surface area contributed by atoms with E-state index in [0.29, 0.717) is 0 Å². The van der Waals surface area contributed by atoms with Gasteiger partial charge in [-0.2, -0.15) is 0 Å². The molecule has 6 heteroatoms. The van der Waals surface area contributed by atoms with Crippen LogP contribution in [0.2, 0.25) is 0 Å². The van der Waals surface area contributed by atoms with E-state index in [4.69, 9.17) is 0 Å². The van der Waals surface area contributed by atoms with Crippen LogP contribution >= 0.6 is 0 Å². The molecule has 2 aromatic heterocycles. The molecule has 2 rings (SSSR count). The first kappa shape index (κ1) is 25.2. The van der Waals surface area contributed by atoms with E-state index in [1.807, 2.05) is 0 Å². The molecule has 140 valence electrons. The molecule has 0 atom stereocenters. The molecule has 24 heavy (non-hydrogen) atoms. The quantitative estimate of drug-likeness (QED) is 0.474. The van der Waals surface area contributed by atoms with Gasteiger partial charge in [-0.15, -0.1) is 0 Å². The van der Waals surface area contributed by atoms with E-state index in [2.05, 4.69) is 84.8 Å². The first-order valence-electron chi connectivity index (χ1n) is 8.53. The van der Waals surface area contributed by atoms with Gasteiger partial charge in [0.05, 0.1) is 27.2 Å². The third kappa shape index (κ3) is 7.71. The number of aryl methyl sites for hydroxylation is 4. The lowest BCUT2D eigenvalue weighted by Gasteiger charge is -1.95. The molecule has 4 nitrogen and oxygen atoms in total. The Labute approximate surface area is 160 Å². The summed E-state index contributed by atoms with van der Waals surface area (Å²) >= 11 is 0. The van der Waals surface area contributed by atoms with Gasteiger partial charge < -0.3 is 24.8 Å². The average Bonchev–Trinajstić information content (AvgIpc) is 3.00. The monoisotopic (exact) mass is 376 g/mol. The highest BCUT2D eigenvalue weighted by molar-refractivity contribution is 4.79. The van der Waals surface area contributed by atoms with Crippen molar-refractivity contribution in [3.8, 4) is 0 Å². The van der Waals surface area contributed by atoms with Crippen molar-refractivity contribution in [2.24, 2.45) is 14.1 Å². The van der Waals surface area contributed by atoms with Gasteiger partial charge in [0.1, 0.15) is 24.8 Å². The van der Waals surface area contributed by atoms with Crippen LogP contribution < -0.4 is 33.9 Å². The Morgan fingerprint density at radius 2 is 1.08 bits per heavy atom. The van der Waals surface area contributed by atoms with E-state index in [1.54, 1.807) is 0 Å². The molecule has 0 saturated carbocycles. The summed E-state index contributed by atoms with van der Waals surface area (Å²) in [6, 6.07) is 0. The second-order valence-electron chi connectivity index (χ2n) is 6.01. The largest absolute Gasteiger partial charge is 1.00 e. The molecule has 0 bridgehead atoms. The fourth-order valence-corrected chi connectivity index (χ4v) is 2.33. The molecule has 0 N–H and O–H groups in total. The molecule has 2 aromatic rings. The molecule has 0 fully saturated rings. The van der Waals surface area contributed by atoms with E-state index in [-0.39, 0.29) is 24.8 Å². The van der Waals surface area contributed by atoms with E-state index < -0.39 is 0 Å². The van der Waals surface area contributed by atoms with Crippen molar-refractivity contribution >= 4 is 0 Å². The third-order valence-corrected chi connectivity index (χ3v) is 4.30. The Morgan fingerprint density at radius 1 is 0.750 bits per heavy atom. The number of hydrogen-bond acceptors (Lipinski definition) is 0. The van der Waals surface area contributed by atoms with Gasteiger partial charge in [0.25, 0.3) is 11.6 Å². The maximum atomic E-state index is 2.30. The fraction of sp³-hybridized carbons (Fsp3) is 0.667. The van der Waals surface area contributed by atoms with Crippen LogP contribution in [0.25, 0.3) is 0 Å². The molecule has 0 unspecified atom stereocenters. The van der Waals surface area contributed by atoms with Crippen molar-refractivity contribution in [2.45, 2.75) is 66.5 Å². The number of aromatic nitrogens is 4. The number of hydrogen-bond donors (Lipinski definition) is 0. The molecular formula is C18H34Cl2N4. The molecule has 2 heterocycles. The highest BCUT2D eigenvalue weighted by Crippen LogP contribution is 1.97. The predicted molar refractivity (Wildman–Crippen MR) is 90.5 cm³/mol. The van der Waals surface area contributed by atoms with Gasteiger partial charge in [0.15, 0.2) is 0 Å². The highest BCUT2D eigenvalue weighted by atomic mass is 35.5. The smallest absolute Gasteiger partial charge is 0.253 e. The lowest BCUT2D eigenvalue weighted by Crippen LogP contribution is -3.00. The molecule has 0 spiro atoms. The first-order chi connectivity index (χ1) is 10.5. The SMILES string of the molecule is CCCCn1cc[n+](C)c1C.CCCCn1cc[n+](C)c1C.[Cl-].[Cl-]. The Balaban J connectivity index is 0. The van der Waals surface area contributed by atoms with Gasteiger partial charge in [-0.05, 0) is 12.8 Å². The van der Waals surface area contributed by atoms with Gasteiger partial charge in [-0.25, -0.2) is 18.3 Å². The Kier molecular flexibility index (Phi) is 14.0. The molecular weight excluding hydrogens is 343 g/mol. The molecule has 0 radical (unpaired) electrons. The number of nitrogens with zero attached hydrogens (tertiary/aromatic N) is 4. The zero-order valence-corrected chi connectivity index (χ0v) is 17.6. The summed E-state index contributed by atoms with van der Waals surface area (Å²) in [5.41, 5.74) is 0. The topological polar surface area (TPSA) is 17.6 Å². The van der Waals surface area contributed by atoms with Crippen LogP contribution in [0, 0.1) is 13.8 Å². The Hall–Kier alpha value is -1.00. The predicted octanol–water partition coefficient (Wildman–Crippen LogP) is -3.15. The van der Waals surface area contributed by atoms with Crippen LogP contribution in [-0.2, 0) is 27.2 Å². The minimum Gasteiger partial charge on any atom is -1.00 e. The molecule has 0 saturated heterocycles. The van der Waals surface area contributed by atoms with Crippen LogP contribution in [0.15, 0.2) is 24.8 Å². The second-order valence-corrected chi connectivity index (χ2v) is 6.01. The highest BCUT2D eigenvalue weighted by Gasteiger charge is 2.07. The summed E-state index contributed by atoms with van der Waals surface area (Å²) in [6.45, 7) is 11.1. The minimum absolute atomic E-state index is 0. The summed E-state index contributed by atoms with van der Waals surface area (Å²) in [5.74, 6) is 2.66. The van der Waals surface area contributed by atoms with Crippen LogP contribution in [0.1, 0.15) is 51.2 Å². The fourth-order valence-electron chi connectivity index (χ4n) is 2.33. The standard InChI is InChI=1S/2C9H17N2.2ClH/c2*1-4-5-6-11-8-7-10(3)9(11)2;;/h2*7-8H,4-6H2,1-3H3;2*1H/q2*+1;;/p-2. The minimum atomic E-state index is 0. The summed E-state index contributed by atoms with van der Waals surface area (Å²) in [7, 11) is 4.16. The van der Waals surface area contributed by atoms with E-state index in [9.17, 15) is 0 Å². The lowest BCUT2D eigenvalue weighted by atomic mass is 10.3. The molecule has 0 aromatic carbocycles. The number of unbranched alkanes of at least 4 members (excludes halogenated alkanes) is 2. The molecule has 0 amide bonds. The van der Waals surface area contributed by atoms with Crippen molar-refractivity contribution in [3.63, 3.8) is 0 Å². The van der Waals surface area contributed by atoms with Crippen molar-refractivity contribution in [2.75, 3.05) is 0 Å². The maximum Gasteiger partial charge on any atom is 0.253 e. The normalized spacial score (nSPS) is 9.58. The number of halogens is 2. The molecule has 0 aliphatic heterocycles. The summed E-state index contributed by atoms with van der Waals surface area (Å²) in [4.78, 5) is 0. The van der Waals surface area contributed by atoms with Crippen LogP contribution in [-0.4, -0.2) is 9.13 Å². The van der Waals surface area contributed by atoms with Crippen molar-refractivity contribution in [1.82, 2.24) is 9.13 Å². The average molecular weight is 377 g/mol. The summed E-state index contributed by atoms with van der Waals surface area (Å²) in [5, 5.41) is 0. The van der Waals surface area contributed by atoms with Gasteiger partial charge in [0, 0.05) is 13.8 Å². The third-order valence-electron chi connectivity index (χ3n) is 4.30. The van der Waals surface area contributed by atoms with E-state index in [1.165, 1.54) is 37.3 Å². The van der Waals surface area contributed by atoms with E-state index in [0.717, 1.165) is 13.1 Å². The maximum absolute atomic E-state index is 2.30. The first-order valence-corrected chi connectivity index (χ1v) is 8.53. The van der Waals surface area contributed by atoms with Crippen LogP contribution in [0.3, 0.4) is 0 Å². The van der Waals surface area contributed by atoms with Crippen molar-refractivity contribution in [3.05, 3.63) is 36.4 Å². The lowest BCUT2D eigenvalue weighted by molar-refractivity contribution is -0.677. The van der Waals surface area contributed by atoms with Crippen LogP contribution in [0.5, 0.6) is 0 Å². The molecule has 0 aliphatic rings. The number of rotatable bonds is 6. The van der Waals surface area contributed by atoms with Crippen LogP contribution in [0.4, 0.5) is 0 Å². The van der Waals surface area contributed by atoms with Gasteiger partial charge in [-0.1, -0.05) is 26.7 Å². The zero-order valence-electron chi connectivity index (χ0n) is 16.1. The second kappa shape index (κ2) is 13.3.